The van der Waals surface area contributed by atoms with Crippen molar-refractivity contribution in [2.24, 2.45) is 0 Å². The zero-order chi connectivity index (χ0) is 25.5. The van der Waals surface area contributed by atoms with Gasteiger partial charge in [0.15, 0.2) is 5.65 Å². The lowest BCUT2D eigenvalue weighted by atomic mass is 10.0. The van der Waals surface area contributed by atoms with E-state index in [4.69, 9.17) is 0 Å². The topological polar surface area (TPSA) is 86.4 Å². The van der Waals surface area contributed by atoms with Crippen LogP contribution in [0.4, 0.5) is 4.39 Å². The monoisotopic (exact) mass is 503 g/mol. The number of halogens is 1. The van der Waals surface area contributed by atoms with Gasteiger partial charge in [-0.25, -0.2) is 9.37 Å². The van der Waals surface area contributed by atoms with E-state index in [0.717, 1.165) is 69.7 Å². The van der Waals surface area contributed by atoms with Gasteiger partial charge in [0.25, 0.3) is 0 Å². The van der Waals surface area contributed by atoms with Crippen molar-refractivity contribution < 1.29 is 4.39 Å². The van der Waals surface area contributed by atoms with Gasteiger partial charge in [-0.3, -0.25) is 20.0 Å². The molecule has 0 unspecified atom stereocenters. The average molecular weight is 504 g/mol. The van der Waals surface area contributed by atoms with Gasteiger partial charge in [-0.05, 0) is 80.0 Å². The average Bonchev–Trinajstić information content (AvgIpc) is 3.58. The van der Waals surface area contributed by atoms with Crippen molar-refractivity contribution in [1.29, 1.82) is 0 Å². The van der Waals surface area contributed by atoms with Crippen molar-refractivity contribution in [2.75, 3.05) is 13.1 Å². The first-order valence-electron chi connectivity index (χ1n) is 13.0. The number of nitrogens with one attached hydrogen (secondary N) is 2. The second-order valence-corrected chi connectivity index (χ2v) is 9.92. The van der Waals surface area contributed by atoms with E-state index in [1.54, 1.807) is 18.3 Å². The fraction of sp³-hybridized carbons (Fsp3) is 0.200. The number of pyridine rings is 3. The van der Waals surface area contributed by atoms with Crippen LogP contribution in [-0.2, 0) is 6.54 Å². The molecule has 0 amide bonds. The van der Waals surface area contributed by atoms with E-state index < -0.39 is 0 Å². The Morgan fingerprint density at radius 2 is 1.66 bits per heavy atom. The first kappa shape index (κ1) is 22.7. The molecule has 1 aliphatic rings. The van der Waals surface area contributed by atoms with E-state index in [1.807, 2.05) is 24.7 Å². The van der Waals surface area contributed by atoms with Gasteiger partial charge < -0.3 is 4.98 Å². The molecule has 6 heterocycles. The van der Waals surface area contributed by atoms with Gasteiger partial charge in [0.2, 0.25) is 0 Å². The summed E-state index contributed by atoms with van der Waals surface area (Å²) in [5.41, 5.74) is 8.24. The number of H-pyrrole nitrogens is 2. The normalized spacial score (nSPS) is 14.4. The van der Waals surface area contributed by atoms with Crippen LogP contribution in [-0.4, -0.2) is 48.1 Å². The Morgan fingerprint density at radius 1 is 0.816 bits per heavy atom. The van der Waals surface area contributed by atoms with Crippen LogP contribution in [0, 0.1) is 5.82 Å². The van der Waals surface area contributed by atoms with E-state index in [9.17, 15) is 4.39 Å². The third kappa shape index (κ3) is 4.22. The van der Waals surface area contributed by atoms with Gasteiger partial charge in [0.1, 0.15) is 5.82 Å². The van der Waals surface area contributed by atoms with Gasteiger partial charge >= 0.3 is 0 Å². The molecule has 6 aromatic rings. The number of piperidine rings is 1. The van der Waals surface area contributed by atoms with Gasteiger partial charge in [0, 0.05) is 64.3 Å². The number of aromatic nitrogens is 6. The standard InChI is InChI=1S/C30H26FN7/c31-23-6-4-20(5-7-23)28-24-14-27(35-26(24)8-9-33-28)29-25-13-22(17-34-30(25)37-36-29)21-12-19(15-32-16-21)18-38-10-2-1-3-11-38/h4-9,12-17,35H,1-3,10-11,18H2,(H,34,36,37). The predicted molar refractivity (Wildman–Crippen MR) is 147 cm³/mol. The molecule has 7 nitrogen and oxygen atoms in total. The second kappa shape index (κ2) is 9.46. The summed E-state index contributed by atoms with van der Waals surface area (Å²) in [6, 6.07) is 14.7. The highest BCUT2D eigenvalue weighted by Gasteiger charge is 2.16. The van der Waals surface area contributed by atoms with Crippen molar-refractivity contribution >= 4 is 21.9 Å². The SMILES string of the molecule is Fc1ccc(-c2nccc3[nH]c(-c4[nH]nc5ncc(-c6cncc(CN7CCCCC7)c6)cc45)cc23)cc1. The van der Waals surface area contributed by atoms with Crippen molar-refractivity contribution in [3.63, 3.8) is 0 Å². The summed E-state index contributed by atoms with van der Waals surface area (Å²) in [5, 5.41) is 9.49. The van der Waals surface area contributed by atoms with Crippen LogP contribution in [0.1, 0.15) is 24.8 Å². The molecule has 2 N–H and O–H groups in total. The summed E-state index contributed by atoms with van der Waals surface area (Å²) in [5.74, 6) is -0.268. The maximum atomic E-state index is 13.5. The van der Waals surface area contributed by atoms with Crippen LogP contribution in [0.2, 0.25) is 0 Å². The summed E-state index contributed by atoms with van der Waals surface area (Å²) < 4.78 is 13.5. The lowest BCUT2D eigenvalue weighted by molar-refractivity contribution is 0.220. The molecule has 1 fully saturated rings. The Morgan fingerprint density at radius 3 is 2.53 bits per heavy atom. The minimum atomic E-state index is -0.268. The molecule has 0 aliphatic carbocycles. The smallest absolute Gasteiger partial charge is 0.181 e. The van der Waals surface area contributed by atoms with Crippen molar-refractivity contribution in [1.82, 2.24) is 35.0 Å². The molecule has 1 saturated heterocycles. The summed E-state index contributed by atoms with van der Waals surface area (Å²) in [6.07, 6.45) is 11.3. The quantitative estimate of drug-likeness (QED) is 0.286. The highest BCUT2D eigenvalue weighted by molar-refractivity contribution is 5.99. The molecule has 7 rings (SSSR count). The van der Waals surface area contributed by atoms with Crippen molar-refractivity contribution in [2.45, 2.75) is 25.8 Å². The number of benzene rings is 1. The molecule has 188 valence electrons. The molecule has 0 radical (unpaired) electrons. The molecule has 0 atom stereocenters. The first-order chi connectivity index (χ1) is 18.7. The van der Waals surface area contributed by atoms with Gasteiger partial charge in [-0.2, -0.15) is 5.10 Å². The molecule has 0 saturated carbocycles. The number of hydrogen-bond donors (Lipinski definition) is 2. The van der Waals surface area contributed by atoms with Crippen LogP contribution >= 0.6 is 0 Å². The fourth-order valence-electron chi connectivity index (χ4n) is 5.40. The van der Waals surface area contributed by atoms with Crippen LogP contribution in [0.25, 0.3) is 55.7 Å². The lowest BCUT2D eigenvalue weighted by Gasteiger charge is -2.26. The first-order valence-corrected chi connectivity index (χ1v) is 13.0. The summed E-state index contributed by atoms with van der Waals surface area (Å²) in [7, 11) is 0. The van der Waals surface area contributed by atoms with Crippen LogP contribution in [0.5, 0.6) is 0 Å². The summed E-state index contributed by atoms with van der Waals surface area (Å²) in [4.78, 5) is 19.7. The zero-order valence-electron chi connectivity index (χ0n) is 20.8. The third-order valence-corrected chi connectivity index (χ3v) is 7.33. The predicted octanol–water partition coefficient (Wildman–Crippen LogP) is 6.36. The molecular weight excluding hydrogens is 477 g/mol. The Bertz CT molecular complexity index is 1750. The Kier molecular flexibility index (Phi) is 5.66. The van der Waals surface area contributed by atoms with Crippen molar-refractivity contribution in [3.05, 3.63) is 84.7 Å². The maximum absolute atomic E-state index is 13.5. The zero-order valence-corrected chi connectivity index (χ0v) is 20.8. The Balaban J connectivity index is 1.25. The van der Waals surface area contributed by atoms with Gasteiger partial charge in [0.05, 0.1) is 17.1 Å². The second-order valence-electron chi connectivity index (χ2n) is 9.92. The highest BCUT2D eigenvalue weighted by Crippen LogP contribution is 2.34. The van der Waals surface area contributed by atoms with E-state index in [1.165, 1.54) is 37.0 Å². The van der Waals surface area contributed by atoms with Crippen LogP contribution in [0.3, 0.4) is 0 Å². The number of nitrogens with zero attached hydrogens (tertiary/aromatic N) is 5. The number of hydrogen-bond acceptors (Lipinski definition) is 5. The number of fused-ring (bicyclic) bond motifs is 2. The van der Waals surface area contributed by atoms with E-state index >= 15 is 0 Å². The Hall–Kier alpha value is -4.43. The molecule has 0 bridgehead atoms. The third-order valence-electron chi connectivity index (χ3n) is 7.33. The maximum Gasteiger partial charge on any atom is 0.181 e. The minimum Gasteiger partial charge on any atom is -0.353 e. The number of aromatic amines is 2. The molecular formula is C30H26FN7. The fourth-order valence-corrected chi connectivity index (χ4v) is 5.40. The van der Waals surface area contributed by atoms with E-state index in [-0.39, 0.29) is 5.82 Å². The summed E-state index contributed by atoms with van der Waals surface area (Å²) in [6.45, 7) is 3.23. The van der Waals surface area contributed by atoms with Crippen LogP contribution in [0.15, 0.2) is 73.3 Å². The lowest BCUT2D eigenvalue weighted by Crippen LogP contribution is -2.29. The molecule has 1 aromatic carbocycles. The number of likely N-dealkylation sites (tertiary alicyclic amines) is 1. The molecule has 5 aromatic heterocycles. The minimum absolute atomic E-state index is 0.268. The largest absolute Gasteiger partial charge is 0.353 e. The molecule has 8 heteroatoms. The van der Waals surface area contributed by atoms with E-state index in [0.29, 0.717) is 5.65 Å². The van der Waals surface area contributed by atoms with E-state index in [2.05, 4.69) is 53.2 Å². The van der Waals surface area contributed by atoms with Gasteiger partial charge in [-0.15, -0.1) is 0 Å². The molecule has 38 heavy (non-hydrogen) atoms. The van der Waals surface area contributed by atoms with Crippen LogP contribution < -0.4 is 0 Å². The summed E-state index contributed by atoms with van der Waals surface area (Å²) >= 11 is 0. The highest BCUT2D eigenvalue weighted by atomic mass is 19.1. The van der Waals surface area contributed by atoms with Gasteiger partial charge in [-0.1, -0.05) is 6.42 Å². The molecule has 0 spiro atoms. The molecule has 1 aliphatic heterocycles. The Labute approximate surface area is 218 Å². The number of rotatable bonds is 5. The van der Waals surface area contributed by atoms with Crippen molar-refractivity contribution in [3.8, 4) is 33.8 Å².